The summed E-state index contributed by atoms with van der Waals surface area (Å²) in [7, 11) is 0. The molecule has 1 N–H and O–H groups in total. The van der Waals surface area contributed by atoms with Gasteiger partial charge in [0.2, 0.25) is 0 Å². The lowest BCUT2D eigenvalue weighted by atomic mass is 10.0. The predicted molar refractivity (Wildman–Crippen MR) is 73.1 cm³/mol. The number of halogens is 1. The van der Waals surface area contributed by atoms with Gasteiger partial charge in [0.1, 0.15) is 11.9 Å². The normalized spacial score (nSPS) is 12.2. The van der Waals surface area contributed by atoms with Crippen LogP contribution in [0, 0.1) is 0 Å². The summed E-state index contributed by atoms with van der Waals surface area (Å²) in [6.07, 6.45) is -0.667. The van der Waals surface area contributed by atoms with E-state index in [2.05, 4.69) is 0 Å². The first-order valence-electron chi connectivity index (χ1n) is 5.87. The topological polar surface area (TPSA) is 29.5 Å². The summed E-state index contributed by atoms with van der Waals surface area (Å²) >= 11 is 5.91. The van der Waals surface area contributed by atoms with Crippen molar-refractivity contribution in [1.82, 2.24) is 0 Å². The highest BCUT2D eigenvalue weighted by Crippen LogP contribution is 2.25. The van der Waals surface area contributed by atoms with Gasteiger partial charge in [0.15, 0.2) is 0 Å². The minimum atomic E-state index is -0.667. The average Bonchev–Trinajstić information content (AvgIpc) is 2.39. The van der Waals surface area contributed by atoms with E-state index in [-0.39, 0.29) is 0 Å². The van der Waals surface area contributed by atoms with Crippen LogP contribution in [0.15, 0.2) is 48.5 Å². The van der Waals surface area contributed by atoms with Crippen molar-refractivity contribution in [3.8, 4) is 5.75 Å². The van der Waals surface area contributed by atoms with Crippen LogP contribution in [0.25, 0.3) is 0 Å². The van der Waals surface area contributed by atoms with Gasteiger partial charge in [-0.15, -0.1) is 0 Å². The fourth-order valence-electron chi connectivity index (χ4n) is 1.78. The SMILES string of the molecule is CCOc1ccc(C(O)c2cccc(Cl)c2)cc1. The lowest BCUT2D eigenvalue weighted by Gasteiger charge is -2.12. The summed E-state index contributed by atoms with van der Waals surface area (Å²) in [5, 5.41) is 10.9. The highest BCUT2D eigenvalue weighted by atomic mass is 35.5. The summed E-state index contributed by atoms with van der Waals surface area (Å²) in [6.45, 7) is 2.57. The van der Waals surface area contributed by atoms with Crippen molar-refractivity contribution in [2.45, 2.75) is 13.0 Å². The molecule has 2 rings (SSSR count). The molecule has 0 fully saturated rings. The van der Waals surface area contributed by atoms with Crippen LogP contribution in [0.2, 0.25) is 5.02 Å². The Morgan fingerprint density at radius 1 is 1.11 bits per heavy atom. The molecule has 2 aromatic rings. The molecular weight excluding hydrogens is 248 g/mol. The molecule has 0 aliphatic heterocycles. The molecule has 0 saturated heterocycles. The lowest BCUT2D eigenvalue weighted by Crippen LogP contribution is -1.99. The van der Waals surface area contributed by atoms with Gasteiger partial charge in [-0.05, 0) is 42.3 Å². The molecule has 2 nitrogen and oxygen atoms in total. The average molecular weight is 263 g/mol. The Labute approximate surface area is 112 Å². The molecular formula is C15H15ClO2. The van der Waals surface area contributed by atoms with Crippen molar-refractivity contribution in [2.75, 3.05) is 6.61 Å². The van der Waals surface area contributed by atoms with Crippen LogP contribution in [-0.2, 0) is 0 Å². The van der Waals surface area contributed by atoms with Crippen molar-refractivity contribution >= 4 is 11.6 Å². The zero-order valence-corrected chi connectivity index (χ0v) is 10.9. The van der Waals surface area contributed by atoms with Crippen LogP contribution in [0.1, 0.15) is 24.2 Å². The Balaban J connectivity index is 2.20. The van der Waals surface area contributed by atoms with Crippen molar-refractivity contribution in [3.05, 3.63) is 64.7 Å². The summed E-state index contributed by atoms with van der Waals surface area (Å²) in [6, 6.07) is 14.7. The molecule has 94 valence electrons. The van der Waals surface area contributed by atoms with Crippen molar-refractivity contribution in [2.24, 2.45) is 0 Å². The van der Waals surface area contributed by atoms with Gasteiger partial charge in [-0.1, -0.05) is 35.9 Å². The smallest absolute Gasteiger partial charge is 0.119 e. The maximum atomic E-state index is 10.2. The van der Waals surface area contributed by atoms with E-state index in [1.54, 1.807) is 12.1 Å². The summed E-state index contributed by atoms with van der Waals surface area (Å²) < 4.78 is 5.36. The van der Waals surface area contributed by atoms with Crippen LogP contribution in [-0.4, -0.2) is 11.7 Å². The minimum absolute atomic E-state index is 0.623. The molecule has 0 amide bonds. The molecule has 3 heteroatoms. The monoisotopic (exact) mass is 262 g/mol. The first-order chi connectivity index (χ1) is 8.70. The van der Waals surface area contributed by atoms with Gasteiger partial charge in [-0.2, -0.15) is 0 Å². The molecule has 0 aliphatic carbocycles. The van der Waals surface area contributed by atoms with Gasteiger partial charge in [-0.3, -0.25) is 0 Å². The first kappa shape index (κ1) is 12.9. The van der Waals surface area contributed by atoms with Crippen molar-refractivity contribution in [3.63, 3.8) is 0 Å². The summed E-state index contributed by atoms with van der Waals surface area (Å²) in [4.78, 5) is 0. The minimum Gasteiger partial charge on any atom is -0.494 e. The molecule has 0 saturated carbocycles. The third-order valence-electron chi connectivity index (χ3n) is 2.67. The van der Waals surface area contributed by atoms with Crippen LogP contribution in [0.4, 0.5) is 0 Å². The zero-order chi connectivity index (χ0) is 13.0. The number of benzene rings is 2. The van der Waals surface area contributed by atoms with Gasteiger partial charge in [-0.25, -0.2) is 0 Å². The predicted octanol–water partition coefficient (Wildman–Crippen LogP) is 3.82. The number of ether oxygens (including phenoxy) is 1. The van der Waals surface area contributed by atoms with E-state index >= 15 is 0 Å². The first-order valence-corrected chi connectivity index (χ1v) is 6.25. The second-order valence-electron chi connectivity index (χ2n) is 3.96. The Kier molecular flexibility index (Phi) is 4.24. The second-order valence-corrected chi connectivity index (χ2v) is 4.40. The van der Waals surface area contributed by atoms with Crippen LogP contribution < -0.4 is 4.74 Å². The summed E-state index contributed by atoms with van der Waals surface area (Å²) in [5.74, 6) is 0.805. The third kappa shape index (κ3) is 3.03. The molecule has 0 aliphatic rings. The highest BCUT2D eigenvalue weighted by Gasteiger charge is 2.10. The highest BCUT2D eigenvalue weighted by molar-refractivity contribution is 6.30. The second kappa shape index (κ2) is 5.89. The van der Waals surface area contributed by atoms with E-state index in [0.717, 1.165) is 16.9 Å². The molecule has 0 spiro atoms. The molecule has 0 heterocycles. The van der Waals surface area contributed by atoms with Crippen LogP contribution in [0.5, 0.6) is 5.75 Å². The molecule has 1 unspecified atom stereocenters. The van der Waals surface area contributed by atoms with Gasteiger partial charge in [0, 0.05) is 5.02 Å². The van der Waals surface area contributed by atoms with Gasteiger partial charge in [0.25, 0.3) is 0 Å². The largest absolute Gasteiger partial charge is 0.494 e. The number of aliphatic hydroxyl groups excluding tert-OH is 1. The molecule has 1 atom stereocenters. The maximum absolute atomic E-state index is 10.2. The van der Waals surface area contributed by atoms with E-state index in [9.17, 15) is 5.11 Å². The number of hydrogen-bond donors (Lipinski definition) is 1. The standard InChI is InChI=1S/C15H15ClO2/c1-2-18-14-8-6-11(7-9-14)15(17)12-4-3-5-13(16)10-12/h3-10,15,17H,2H2,1H3. The van der Waals surface area contributed by atoms with Crippen LogP contribution in [0.3, 0.4) is 0 Å². The fraction of sp³-hybridized carbons (Fsp3) is 0.200. The van der Waals surface area contributed by atoms with E-state index in [0.29, 0.717) is 11.6 Å². The van der Waals surface area contributed by atoms with Gasteiger partial charge >= 0.3 is 0 Å². The fourth-order valence-corrected chi connectivity index (χ4v) is 1.98. The zero-order valence-electron chi connectivity index (χ0n) is 10.1. The summed E-state index contributed by atoms with van der Waals surface area (Å²) in [5.41, 5.74) is 1.60. The van der Waals surface area contributed by atoms with E-state index < -0.39 is 6.10 Å². The number of hydrogen-bond acceptors (Lipinski definition) is 2. The van der Waals surface area contributed by atoms with Crippen LogP contribution >= 0.6 is 11.6 Å². The van der Waals surface area contributed by atoms with Gasteiger partial charge < -0.3 is 9.84 Å². The maximum Gasteiger partial charge on any atom is 0.119 e. The molecule has 0 radical (unpaired) electrons. The Morgan fingerprint density at radius 3 is 2.44 bits per heavy atom. The Morgan fingerprint density at radius 2 is 1.83 bits per heavy atom. The molecule has 0 aromatic heterocycles. The van der Waals surface area contributed by atoms with Crippen molar-refractivity contribution in [1.29, 1.82) is 0 Å². The quantitative estimate of drug-likeness (QED) is 0.908. The van der Waals surface area contributed by atoms with Gasteiger partial charge in [0.05, 0.1) is 6.61 Å². The molecule has 2 aromatic carbocycles. The molecule has 18 heavy (non-hydrogen) atoms. The van der Waals surface area contributed by atoms with Crippen molar-refractivity contribution < 1.29 is 9.84 Å². The Hall–Kier alpha value is -1.51. The molecule has 0 bridgehead atoms. The number of aliphatic hydroxyl groups is 1. The van der Waals surface area contributed by atoms with E-state index in [1.807, 2.05) is 43.3 Å². The van der Waals surface area contributed by atoms with E-state index in [1.165, 1.54) is 0 Å². The third-order valence-corrected chi connectivity index (χ3v) is 2.91. The van der Waals surface area contributed by atoms with E-state index in [4.69, 9.17) is 16.3 Å². The lowest BCUT2D eigenvalue weighted by molar-refractivity contribution is 0.220. The number of rotatable bonds is 4. The Bertz CT molecular complexity index is 508.